The van der Waals surface area contributed by atoms with Crippen LogP contribution in [0.4, 0.5) is 0 Å². The molecule has 128 valence electrons. The summed E-state index contributed by atoms with van der Waals surface area (Å²) in [6.45, 7) is 2.45. The number of rotatable bonds is 5. The minimum atomic E-state index is -3.14. The molecule has 2 saturated heterocycles. The zero-order valence-corrected chi connectivity index (χ0v) is 14.2. The van der Waals surface area contributed by atoms with Crippen LogP contribution in [0.25, 0.3) is 0 Å². The molecule has 6 nitrogen and oxygen atoms in total. The first-order chi connectivity index (χ1) is 10.6. The second-order valence-corrected chi connectivity index (χ2v) is 8.94. The molecule has 0 radical (unpaired) electrons. The SMILES string of the molecule is COC1CC(NC2CCN(S(=O)(=O)C3CCOCC3)CC2)C1. The van der Waals surface area contributed by atoms with Crippen LogP contribution in [0.2, 0.25) is 0 Å². The molecule has 22 heavy (non-hydrogen) atoms. The molecule has 0 aromatic carbocycles. The molecule has 1 saturated carbocycles. The van der Waals surface area contributed by atoms with Gasteiger partial charge in [0.25, 0.3) is 0 Å². The summed E-state index contributed by atoms with van der Waals surface area (Å²) in [5, 5.41) is 3.41. The molecule has 3 fully saturated rings. The van der Waals surface area contributed by atoms with E-state index in [4.69, 9.17) is 9.47 Å². The van der Waals surface area contributed by atoms with Crippen molar-refractivity contribution in [1.82, 2.24) is 9.62 Å². The molecule has 7 heteroatoms. The third-order valence-corrected chi connectivity index (χ3v) is 7.70. The third-order valence-electron chi connectivity index (χ3n) is 5.30. The van der Waals surface area contributed by atoms with Gasteiger partial charge >= 0.3 is 0 Å². The van der Waals surface area contributed by atoms with Crippen molar-refractivity contribution in [1.29, 1.82) is 0 Å². The Balaban J connectivity index is 1.45. The average molecular weight is 332 g/mol. The Morgan fingerprint density at radius 3 is 2.27 bits per heavy atom. The number of ether oxygens (including phenoxy) is 2. The van der Waals surface area contributed by atoms with Gasteiger partial charge in [0.05, 0.1) is 11.4 Å². The van der Waals surface area contributed by atoms with Crippen molar-refractivity contribution >= 4 is 10.0 Å². The van der Waals surface area contributed by atoms with Crippen LogP contribution in [0.3, 0.4) is 0 Å². The Morgan fingerprint density at radius 2 is 1.68 bits per heavy atom. The van der Waals surface area contributed by atoms with Crippen molar-refractivity contribution in [3.63, 3.8) is 0 Å². The lowest BCUT2D eigenvalue weighted by atomic mass is 9.88. The predicted molar refractivity (Wildman–Crippen MR) is 84.3 cm³/mol. The largest absolute Gasteiger partial charge is 0.381 e. The van der Waals surface area contributed by atoms with E-state index < -0.39 is 10.0 Å². The molecule has 3 aliphatic rings. The maximum atomic E-state index is 12.7. The molecule has 0 atom stereocenters. The fraction of sp³-hybridized carbons (Fsp3) is 1.00. The van der Waals surface area contributed by atoms with Gasteiger partial charge in [0.2, 0.25) is 10.0 Å². The molecule has 0 spiro atoms. The first kappa shape index (κ1) is 16.6. The van der Waals surface area contributed by atoms with E-state index in [0.717, 1.165) is 25.7 Å². The van der Waals surface area contributed by atoms with Crippen LogP contribution in [0.5, 0.6) is 0 Å². The lowest BCUT2D eigenvalue weighted by Crippen LogP contribution is -2.53. The number of piperidine rings is 1. The highest BCUT2D eigenvalue weighted by atomic mass is 32.2. The van der Waals surface area contributed by atoms with Crippen molar-refractivity contribution in [3.05, 3.63) is 0 Å². The van der Waals surface area contributed by atoms with Gasteiger partial charge in [-0.05, 0) is 38.5 Å². The second kappa shape index (κ2) is 7.13. The molecule has 2 aliphatic heterocycles. The summed E-state index contributed by atoms with van der Waals surface area (Å²) in [6, 6.07) is 0.998. The van der Waals surface area contributed by atoms with Crippen molar-refractivity contribution in [2.24, 2.45) is 0 Å². The number of sulfonamides is 1. The van der Waals surface area contributed by atoms with E-state index in [1.165, 1.54) is 0 Å². The Bertz CT molecular complexity index is 450. The Morgan fingerprint density at radius 1 is 1.05 bits per heavy atom. The van der Waals surface area contributed by atoms with Crippen LogP contribution in [0.1, 0.15) is 38.5 Å². The van der Waals surface area contributed by atoms with E-state index >= 15 is 0 Å². The Kier molecular flexibility index (Phi) is 5.39. The number of methoxy groups -OCH3 is 1. The summed E-state index contributed by atoms with van der Waals surface area (Å²) in [7, 11) is -1.37. The summed E-state index contributed by atoms with van der Waals surface area (Å²) < 4.78 is 37.6. The van der Waals surface area contributed by atoms with Gasteiger partial charge in [-0.25, -0.2) is 12.7 Å². The number of hydrogen-bond acceptors (Lipinski definition) is 5. The molecule has 0 amide bonds. The van der Waals surface area contributed by atoms with Gasteiger partial charge in [-0.2, -0.15) is 0 Å². The van der Waals surface area contributed by atoms with E-state index in [2.05, 4.69) is 5.32 Å². The lowest BCUT2D eigenvalue weighted by molar-refractivity contribution is 0.0124. The minimum Gasteiger partial charge on any atom is -0.381 e. The first-order valence-electron chi connectivity index (χ1n) is 8.45. The van der Waals surface area contributed by atoms with Gasteiger partial charge < -0.3 is 14.8 Å². The van der Waals surface area contributed by atoms with Crippen molar-refractivity contribution < 1.29 is 17.9 Å². The topological polar surface area (TPSA) is 67.9 Å². The molecular weight excluding hydrogens is 304 g/mol. The highest BCUT2D eigenvalue weighted by Gasteiger charge is 2.37. The maximum absolute atomic E-state index is 12.7. The van der Waals surface area contributed by atoms with Gasteiger partial charge in [-0.1, -0.05) is 0 Å². The fourth-order valence-electron chi connectivity index (χ4n) is 3.69. The number of nitrogens with zero attached hydrogens (tertiary/aromatic N) is 1. The highest BCUT2D eigenvalue weighted by Crippen LogP contribution is 2.26. The number of nitrogens with one attached hydrogen (secondary N) is 1. The molecule has 3 rings (SSSR count). The molecule has 1 aliphatic carbocycles. The molecular formula is C15H28N2O4S. The van der Waals surface area contributed by atoms with E-state index in [0.29, 0.717) is 57.3 Å². The molecule has 1 N–H and O–H groups in total. The monoisotopic (exact) mass is 332 g/mol. The first-order valence-corrected chi connectivity index (χ1v) is 9.95. The summed E-state index contributed by atoms with van der Waals surface area (Å²) in [5.74, 6) is 0. The van der Waals surface area contributed by atoms with Crippen LogP contribution < -0.4 is 5.32 Å². The smallest absolute Gasteiger partial charge is 0.217 e. The highest BCUT2D eigenvalue weighted by molar-refractivity contribution is 7.89. The molecule has 0 unspecified atom stereocenters. The van der Waals surface area contributed by atoms with Crippen LogP contribution >= 0.6 is 0 Å². The standard InChI is InChI=1S/C15H28N2O4S/c1-20-14-10-13(11-14)16-12-2-6-17(7-3-12)22(18,19)15-4-8-21-9-5-15/h12-16H,2-11H2,1H3. The zero-order valence-electron chi connectivity index (χ0n) is 13.4. The molecule has 0 aromatic rings. The van der Waals surface area contributed by atoms with Crippen molar-refractivity contribution in [3.8, 4) is 0 Å². The van der Waals surface area contributed by atoms with Gasteiger partial charge in [0, 0.05) is 45.5 Å². The molecule has 0 bridgehead atoms. The van der Waals surface area contributed by atoms with E-state index in [1.807, 2.05) is 0 Å². The van der Waals surface area contributed by atoms with Crippen LogP contribution in [0, 0.1) is 0 Å². The fourth-order valence-corrected chi connectivity index (χ4v) is 5.62. The van der Waals surface area contributed by atoms with Gasteiger partial charge in [-0.3, -0.25) is 0 Å². The van der Waals surface area contributed by atoms with E-state index in [-0.39, 0.29) is 5.25 Å². The molecule has 0 aromatic heterocycles. The van der Waals surface area contributed by atoms with Crippen LogP contribution in [-0.4, -0.2) is 69.6 Å². The third kappa shape index (κ3) is 3.64. The quantitative estimate of drug-likeness (QED) is 0.804. The summed E-state index contributed by atoms with van der Waals surface area (Å²) >= 11 is 0. The number of hydrogen-bond donors (Lipinski definition) is 1. The van der Waals surface area contributed by atoms with Crippen LogP contribution in [-0.2, 0) is 19.5 Å². The normalized spacial score (nSPS) is 32.8. The maximum Gasteiger partial charge on any atom is 0.217 e. The van der Waals surface area contributed by atoms with Gasteiger partial charge in [0.1, 0.15) is 0 Å². The van der Waals surface area contributed by atoms with Crippen molar-refractivity contribution in [2.75, 3.05) is 33.4 Å². The zero-order chi connectivity index (χ0) is 15.6. The summed E-state index contributed by atoms with van der Waals surface area (Å²) in [4.78, 5) is 0. The van der Waals surface area contributed by atoms with Gasteiger partial charge in [-0.15, -0.1) is 0 Å². The molecule has 2 heterocycles. The Labute approximate surface area is 133 Å². The lowest BCUT2D eigenvalue weighted by Gasteiger charge is -2.40. The van der Waals surface area contributed by atoms with Gasteiger partial charge in [0.15, 0.2) is 0 Å². The van der Waals surface area contributed by atoms with Crippen molar-refractivity contribution in [2.45, 2.75) is 62.0 Å². The minimum absolute atomic E-state index is 0.236. The summed E-state index contributed by atoms with van der Waals surface area (Å²) in [6.07, 6.45) is 5.68. The summed E-state index contributed by atoms with van der Waals surface area (Å²) in [5.41, 5.74) is 0. The predicted octanol–water partition coefficient (Wildman–Crippen LogP) is 0.727. The second-order valence-electron chi connectivity index (χ2n) is 6.72. The van der Waals surface area contributed by atoms with E-state index in [1.54, 1.807) is 11.4 Å². The van der Waals surface area contributed by atoms with E-state index in [9.17, 15) is 8.42 Å². The Hall–Kier alpha value is -0.210. The average Bonchev–Trinajstić information content (AvgIpc) is 2.52. The van der Waals surface area contributed by atoms with Crippen LogP contribution in [0.15, 0.2) is 0 Å².